The molecule has 0 fully saturated rings. The molecule has 23 heavy (non-hydrogen) atoms. The SMILES string of the molecule is C=CC1=N/C(=C(/C)c2cnc3c(c2)C=C(F)CC3)N(N)C(N)=C1. The number of hydrogen-bond donors (Lipinski definition) is 2. The third kappa shape index (κ3) is 2.80. The molecule has 3 rings (SSSR count). The molecule has 0 saturated heterocycles. The van der Waals surface area contributed by atoms with Gasteiger partial charge < -0.3 is 5.73 Å². The van der Waals surface area contributed by atoms with Crippen molar-refractivity contribution < 1.29 is 4.39 Å². The van der Waals surface area contributed by atoms with E-state index < -0.39 is 0 Å². The molecule has 0 unspecified atom stereocenters. The molecule has 6 heteroatoms. The van der Waals surface area contributed by atoms with Gasteiger partial charge in [0.1, 0.15) is 11.6 Å². The number of aliphatic imine (C=N–C) groups is 1. The summed E-state index contributed by atoms with van der Waals surface area (Å²) >= 11 is 0. The number of halogens is 1. The quantitative estimate of drug-likeness (QED) is 0.823. The number of pyridine rings is 1. The van der Waals surface area contributed by atoms with Crippen molar-refractivity contribution in [2.75, 3.05) is 0 Å². The molecular weight excluding hydrogens is 293 g/mol. The highest BCUT2D eigenvalue weighted by Crippen LogP contribution is 2.28. The molecule has 0 amide bonds. The Labute approximate surface area is 134 Å². The number of aryl methyl sites for hydroxylation is 1. The van der Waals surface area contributed by atoms with E-state index in [2.05, 4.69) is 16.6 Å². The van der Waals surface area contributed by atoms with E-state index in [0.29, 0.717) is 30.2 Å². The van der Waals surface area contributed by atoms with Crippen LogP contribution in [-0.4, -0.2) is 15.7 Å². The van der Waals surface area contributed by atoms with E-state index in [-0.39, 0.29) is 5.83 Å². The molecule has 5 nitrogen and oxygen atoms in total. The molecule has 118 valence electrons. The Morgan fingerprint density at radius 3 is 2.91 bits per heavy atom. The Morgan fingerprint density at radius 1 is 1.39 bits per heavy atom. The summed E-state index contributed by atoms with van der Waals surface area (Å²) < 4.78 is 13.5. The van der Waals surface area contributed by atoms with Crippen LogP contribution < -0.4 is 11.6 Å². The van der Waals surface area contributed by atoms with Crippen LogP contribution in [0.5, 0.6) is 0 Å². The Balaban J connectivity index is 2.08. The van der Waals surface area contributed by atoms with Gasteiger partial charge in [-0.3, -0.25) is 4.98 Å². The third-order valence-corrected chi connectivity index (χ3v) is 3.93. The molecule has 0 saturated carbocycles. The molecule has 0 radical (unpaired) electrons. The minimum Gasteiger partial charge on any atom is -0.384 e. The normalized spacial score (nSPS) is 19.4. The van der Waals surface area contributed by atoms with Gasteiger partial charge in [0.25, 0.3) is 0 Å². The molecule has 0 aromatic carbocycles. The molecule has 1 aromatic heterocycles. The Bertz CT molecular complexity index is 801. The molecule has 2 heterocycles. The van der Waals surface area contributed by atoms with Crippen LogP contribution in [0.15, 0.2) is 53.5 Å². The summed E-state index contributed by atoms with van der Waals surface area (Å²) in [7, 11) is 0. The maximum absolute atomic E-state index is 13.5. The Kier molecular flexibility index (Phi) is 3.83. The summed E-state index contributed by atoms with van der Waals surface area (Å²) in [5, 5.41) is 1.32. The van der Waals surface area contributed by atoms with Crippen molar-refractivity contribution in [1.29, 1.82) is 0 Å². The van der Waals surface area contributed by atoms with Gasteiger partial charge in [-0.15, -0.1) is 0 Å². The predicted octanol–water partition coefficient (Wildman–Crippen LogP) is 2.64. The van der Waals surface area contributed by atoms with Crippen molar-refractivity contribution in [3.8, 4) is 0 Å². The van der Waals surface area contributed by atoms with Crippen molar-refractivity contribution in [1.82, 2.24) is 9.99 Å². The maximum atomic E-state index is 13.5. The van der Waals surface area contributed by atoms with Crippen LogP contribution in [0.1, 0.15) is 30.2 Å². The van der Waals surface area contributed by atoms with Gasteiger partial charge in [0.15, 0.2) is 5.82 Å². The van der Waals surface area contributed by atoms with E-state index in [9.17, 15) is 4.39 Å². The fraction of sp³-hybridized carbons (Fsp3) is 0.176. The average molecular weight is 311 g/mol. The molecule has 1 aliphatic carbocycles. The fourth-order valence-corrected chi connectivity index (χ4v) is 2.58. The van der Waals surface area contributed by atoms with Gasteiger partial charge in [0.2, 0.25) is 0 Å². The minimum atomic E-state index is -0.126. The fourth-order valence-electron chi connectivity index (χ4n) is 2.58. The van der Waals surface area contributed by atoms with E-state index in [0.717, 1.165) is 22.4 Å². The van der Waals surface area contributed by atoms with E-state index in [1.807, 2.05) is 13.0 Å². The average Bonchev–Trinajstić information content (AvgIpc) is 2.55. The summed E-state index contributed by atoms with van der Waals surface area (Å²) in [5.74, 6) is 6.75. The molecule has 4 N–H and O–H groups in total. The first-order valence-corrected chi connectivity index (χ1v) is 7.29. The predicted molar refractivity (Wildman–Crippen MR) is 90.2 cm³/mol. The van der Waals surface area contributed by atoms with Gasteiger partial charge in [-0.25, -0.2) is 20.2 Å². The second-order valence-electron chi connectivity index (χ2n) is 5.48. The van der Waals surface area contributed by atoms with E-state index in [4.69, 9.17) is 11.6 Å². The lowest BCUT2D eigenvalue weighted by atomic mass is 9.98. The van der Waals surface area contributed by atoms with E-state index in [1.165, 1.54) is 11.1 Å². The van der Waals surface area contributed by atoms with Crippen LogP contribution in [0.4, 0.5) is 4.39 Å². The third-order valence-electron chi connectivity index (χ3n) is 3.93. The minimum absolute atomic E-state index is 0.126. The van der Waals surface area contributed by atoms with Crippen molar-refractivity contribution >= 4 is 17.4 Å². The lowest BCUT2D eigenvalue weighted by Gasteiger charge is -2.25. The number of hydrazine groups is 1. The standard InChI is InChI=1S/C17H18FN5/c1-3-14-8-16(19)23(20)17(22-14)10(2)12-6-11-7-13(18)4-5-15(11)21-9-12/h3,6-9H,1,4-5,19-20H2,2H3/b17-10+. The monoisotopic (exact) mass is 311 g/mol. The van der Waals surface area contributed by atoms with Crippen molar-refractivity contribution in [2.45, 2.75) is 19.8 Å². The molecule has 0 spiro atoms. The van der Waals surface area contributed by atoms with Gasteiger partial charge in [-0.05, 0) is 37.1 Å². The van der Waals surface area contributed by atoms with Crippen LogP contribution in [0.3, 0.4) is 0 Å². The van der Waals surface area contributed by atoms with Crippen molar-refractivity contribution in [3.05, 3.63) is 65.3 Å². The molecular formula is C17H18FN5. The first-order chi connectivity index (χ1) is 11.0. The van der Waals surface area contributed by atoms with Gasteiger partial charge in [0.05, 0.1) is 5.71 Å². The smallest absolute Gasteiger partial charge is 0.152 e. The van der Waals surface area contributed by atoms with Crippen LogP contribution in [0.2, 0.25) is 0 Å². The van der Waals surface area contributed by atoms with Crippen LogP contribution in [0.25, 0.3) is 11.6 Å². The zero-order valence-corrected chi connectivity index (χ0v) is 12.9. The van der Waals surface area contributed by atoms with Gasteiger partial charge in [0, 0.05) is 35.5 Å². The lowest BCUT2D eigenvalue weighted by molar-refractivity contribution is 0.437. The zero-order valence-electron chi connectivity index (χ0n) is 12.9. The number of nitrogens with two attached hydrogens (primary N) is 2. The van der Waals surface area contributed by atoms with Crippen molar-refractivity contribution in [3.63, 3.8) is 0 Å². The number of fused-ring (bicyclic) bond motifs is 1. The Morgan fingerprint density at radius 2 is 2.17 bits per heavy atom. The summed E-state index contributed by atoms with van der Waals surface area (Å²) in [4.78, 5) is 8.87. The number of nitrogens with zero attached hydrogens (tertiary/aromatic N) is 3. The summed E-state index contributed by atoms with van der Waals surface area (Å²) in [5.41, 5.74) is 9.86. The second kappa shape index (κ2) is 5.81. The van der Waals surface area contributed by atoms with E-state index >= 15 is 0 Å². The van der Waals surface area contributed by atoms with Crippen LogP contribution in [-0.2, 0) is 6.42 Å². The van der Waals surface area contributed by atoms with Crippen molar-refractivity contribution in [2.24, 2.45) is 16.6 Å². The maximum Gasteiger partial charge on any atom is 0.152 e. The second-order valence-corrected chi connectivity index (χ2v) is 5.48. The highest BCUT2D eigenvalue weighted by atomic mass is 19.1. The molecule has 1 aromatic rings. The highest BCUT2D eigenvalue weighted by molar-refractivity contribution is 6.05. The number of allylic oxidation sites excluding steroid dienone is 4. The highest BCUT2D eigenvalue weighted by Gasteiger charge is 2.19. The van der Waals surface area contributed by atoms with Crippen LogP contribution >= 0.6 is 0 Å². The first-order valence-electron chi connectivity index (χ1n) is 7.29. The first kappa shape index (κ1) is 15.2. The summed E-state index contributed by atoms with van der Waals surface area (Å²) in [6.07, 6.45) is 7.56. The topological polar surface area (TPSA) is 80.5 Å². The largest absolute Gasteiger partial charge is 0.384 e. The van der Waals surface area contributed by atoms with E-state index in [1.54, 1.807) is 18.3 Å². The molecule has 0 atom stereocenters. The zero-order chi connectivity index (χ0) is 16.6. The Hall–Kier alpha value is -2.73. The molecule has 2 aliphatic rings. The van der Waals surface area contributed by atoms with Gasteiger partial charge >= 0.3 is 0 Å². The number of rotatable bonds is 2. The summed E-state index contributed by atoms with van der Waals surface area (Å²) in [6.45, 7) is 5.58. The van der Waals surface area contributed by atoms with Crippen LogP contribution in [0, 0.1) is 0 Å². The molecule has 1 aliphatic heterocycles. The molecule has 0 bridgehead atoms. The number of hydrogen-bond acceptors (Lipinski definition) is 5. The lowest BCUT2D eigenvalue weighted by Crippen LogP contribution is -2.36. The number of aromatic nitrogens is 1. The van der Waals surface area contributed by atoms with Gasteiger partial charge in [-0.2, -0.15) is 0 Å². The summed E-state index contributed by atoms with van der Waals surface area (Å²) in [6, 6.07) is 1.90. The van der Waals surface area contributed by atoms with Gasteiger partial charge in [-0.1, -0.05) is 6.58 Å².